The number of aromatic nitrogens is 1. The van der Waals surface area contributed by atoms with Gasteiger partial charge in [0.05, 0.1) is 5.92 Å². The number of H-pyrrole nitrogens is 1. The van der Waals surface area contributed by atoms with E-state index >= 15 is 0 Å². The monoisotopic (exact) mass is 328 g/mol. The third-order valence-electron chi connectivity index (χ3n) is 4.81. The van der Waals surface area contributed by atoms with Crippen LogP contribution in [0.4, 0.5) is 0 Å². The fourth-order valence-electron chi connectivity index (χ4n) is 3.42. The van der Waals surface area contributed by atoms with E-state index < -0.39 is 0 Å². The van der Waals surface area contributed by atoms with Crippen molar-refractivity contribution in [3.63, 3.8) is 0 Å². The first-order valence-corrected chi connectivity index (χ1v) is 8.43. The number of aromatic amines is 1. The van der Waals surface area contributed by atoms with Gasteiger partial charge in [0.2, 0.25) is 5.91 Å². The lowest BCUT2D eigenvalue weighted by Gasteiger charge is -2.31. The summed E-state index contributed by atoms with van der Waals surface area (Å²) in [5, 5.41) is 4.04. The maximum atomic E-state index is 12.4. The molecule has 128 valence electrons. The number of primary amides is 1. The summed E-state index contributed by atoms with van der Waals surface area (Å²) in [7, 11) is 0. The van der Waals surface area contributed by atoms with Gasteiger partial charge in [0.1, 0.15) is 5.69 Å². The van der Waals surface area contributed by atoms with Crippen LogP contribution in [0.5, 0.6) is 0 Å². The molecule has 0 bridgehead atoms. The van der Waals surface area contributed by atoms with Crippen LogP contribution in [0.1, 0.15) is 28.9 Å². The summed E-state index contributed by atoms with van der Waals surface area (Å²) < 4.78 is 0. The average Bonchev–Trinajstić information content (AvgIpc) is 2.92. The molecule has 0 aliphatic carbocycles. The molecule has 3 rings (SSSR count). The lowest BCUT2D eigenvalue weighted by molar-refractivity contribution is -0.123. The highest BCUT2D eigenvalue weighted by atomic mass is 16.2. The lowest BCUT2D eigenvalue weighted by Crippen LogP contribution is -2.44. The van der Waals surface area contributed by atoms with Crippen LogP contribution in [0.3, 0.4) is 0 Å². The molecule has 1 aliphatic rings. The van der Waals surface area contributed by atoms with Gasteiger partial charge in [0, 0.05) is 30.5 Å². The van der Waals surface area contributed by atoms with Crippen LogP contribution >= 0.6 is 0 Å². The molecule has 1 saturated heterocycles. The van der Waals surface area contributed by atoms with Gasteiger partial charge in [-0.1, -0.05) is 18.2 Å². The number of piperidine rings is 1. The van der Waals surface area contributed by atoms with Crippen molar-refractivity contribution in [1.29, 1.82) is 0 Å². The fourth-order valence-corrected chi connectivity index (χ4v) is 3.42. The van der Waals surface area contributed by atoms with E-state index in [-0.39, 0.29) is 17.7 Å². The van der Waals surface area contributed by atoms with Crippen LogP contribution < -0.4 is 11.1 Å². The van der Waals surface area contributed by atoms with Gasteiger partial charge in [-0.15, -0.1) is 0 Å². The summed E-state index contributed by atoms with van der Waals surface area (Å²) in [6, 6.07) is 7.90. The maximum Gasteiger partial charge on any atom is 0.268 e. The van der Waals surface area contributed by atoms with E-state index in [2.05, 4.69) is 15.2 Å². The van der Waals surface area contributed by atoms with Gasteiger partial charge in [-0.2, -0.15) is 0 Å². The summed E-state index contributed by atoms with van der Waals surface area (Å²) in [5.41, 5.74) is 7.95. The number of para-hydroxylation sites is 1. The molecule has 4 N–H and O–H groups in total. The van der Waals surface area contributed by atoms with Crippen molar-refractivity contribution < 1.29 is 9.59 Å². The van der Waals surface area contributed by atoms with Gasteiger partial charge in [0.15, 0.2) is 0 Å². The van der Waals surface area contributed by atoms with E-state index in [9.17, 15) is 9.59 Å². The normalized spacial score (nSPS) is 18.6. The Kier molecular flexibility index (Phi) is 4.85. The highest BCUT2D eigenvalue weighted by Crippen LogP contribution is 2.21. The van der Waals surface area contributed by atoms with Crippen LogP contribution in [-0.4, -0.2) is 47.9 Å². The molecule has 0 spiro atoms. The largest absolute Gasteiger partial charge is 0.369 e. The Morgan fingerprint density at radius 2 is 2.17 bits per heavy atom. The van der Waals surface area contributed by atoms with Crippen LogP contribution in [0.15, 0.2) is 24.3 Å². The Labute approximate surface area is 141 Å². The highest BCUT2D eigenvalue weighted by molar-refractivity contribution is 6.00. The third kappa shape index (κ3) is 3.43. The van der Waals surface area contributed by atoms with Crippen molar-refractivity contribution in [2.45, 2.75) is 19.8 Å². The van der Waals surface area contributed by atoms with Gasteiger partial charge in [0.25, 0.3) is 5.91 Å². The lowest BCUT2D eigenvalue weighted by atomic mass is 9.97. The second kappa shape index (κ2) is 7.05. The number of carbonyl (C=O) groups excluding carboxylic acids is 2. The molecule has 1 aliphatic heterocycles. The molecule has 1 aromatic heterocycles. The molecule has 2 amide bonds. The topological polar surface area (TPSA) is 91.2 Å². The summed E-state index contributed by atoms with van der Waals surface area (Å²) >= 11 is 0. The van der Waals surface area contributed by atoms with E-state index in [0.29, 0.717) is 18.8 Å². The summed E-state index contributed by atoms with van der Waals surface area (Å²) in [6.45, 7) is 4.88. The van der Waals surface area contributed by atoms with Crippen molar-refractivity contribution in [2.24, 2.45) is 11.7 Å². The van der Waals surface area contributed by atoms with Crippen molar-refractivity contribution in [3.8, 4) is 0 Å². The first kappa shape index (κ1) is 16.5. The quantitative estimate of drug-likeness (QED) is 0.775. The van der Waals surface area contributed by atoms with Crippen molar-refractivity contribution in [3.05, 3.63) is 35.5 Å². The number of carbonyl (C=O) groups is 2. The number of aryl methyl sites for hydroxylation is 1. The number of nitrogens with one attached hydrogen (secondary N) is 2. The maximum absolute atomic E-state index is 12.4. The minimum atomic E-state index is -0.225. The van der Waals surface area contributed by atoms with Crippen LogP contribution in [-0.2, 0) is 4.79 Å². The molecule has 0 saturated carbocycles. The van der Waals surface area contributed by atoms with E-state index in [1.54, 1.807) is 0 Å². The Hall–Kier alpha value is -2.34. The van der Waals surface area contributed by atoms with Crippen LogP contribution in [0, 0.1) is 12.8 Å². The number of amides is 2. The zero-order chi connectivity index (χ0) is 17.1. The zero-order valence-corrected chi connectivity index (χ0v) is 14.0. The van der Waals surface area contributed by atoms with E-state index in [0.717, 1.165) is 42.4 Å². The average molecular weight is 328 g/mol. The van der Waals surface area contributed by atoms with Crippen LogP contribution in [0.2, 0.25) is 0 Å². The minimum absolute atomic E-state index is 0.0644. The Balaban J connectivity index is 1.55. The molecular formula is C18H24N4O2. The van der Waals surface area contributed by atoms with Gasteiger partial charge < -0.3 is 20.9 Å². The molecule has 1 atom stereocenters. The number of fused-ring (bicyclic) bond motifs is 1. The molecule has 2 heterocycles. The highest BCUT2D eigenvalue weighted by Gasteiger charge is 2.23. The smallest absolute Gasteiger partial charge is 0.268 e. The summed E-state index contributed by atoms with van der Waals surface area (Å²) in [6.07, 6.45) is 1.84. The standard InChI is InChI=1S/C18H24N4O2/c1-12-14-6-2-3-7-15(14)21-16(12)18(24)20-8-10-22-9-4-5-13(11-22)17(19)23/h2-3,6-7,13,21H,4-5,8-11H2,1H3,(H2,19,23)(H,20,24). The number of rotatable bonds is 5. The number of nitrogens with two attached hydrogens (primary N) is 1. The fraction of sp³-hybridized carbons (Fsp3) is 0.444. The Bertz CT molecular complexity index is 753. The third-order valence-corrected chi connectivity index (χ3v) is 4.81. The SMILES string of the molecule is Cc1c(C(=O)NCCN2CCCC(C(N)=O)C2)[nH]c2ccccc12. The molecule has 24 heavy (non-hydrogen) atoms. The number of hydrogen-bond donors (Lipinski definition) is 3. The molecule has 6 nitrogen and oxygen atoms in total. The first-order valence-electron chi connectivity index (χ1n) is 8.43. The predicted molar refractivity (Wildman–Crippen MR) is 93.7 cm³/mol. The number of nitrogens with zero attached hydrogens (tertiary/aromatic N) is 1. The second-order valence-corrected chi connectivity index (χ2v) is 6.47. The van der Waals surface area contributed by atoms with Gasteiger partial charge in [-0.25, -0.2) is 0 Å². The number of hydrogen-bond acceptors (Lipinski definition) is 3. The van der Waals surface area contributed by atoms with E-state index in [1.807, 2.05) is 31.2 Å². The predicted octanol–water partition coefficient (Wildman–Crippen LogP) is 1.40. The summed E-state index contributed by atoms with van der Waals surface area (Å²) in [4.78, 5) is 29.1. The van der Waals surface area contributed by atoms with Gasteiger partial charge in [-0.05, 0) is 37.9 Å². The molecule has 1 aromatic carbocycles. The van der Waals surface area contributed by atoms with Crippen molar-refractivity contribution >= 4 is 22.7 Å². The van der Waals surface area contributed by atoms with Crippen molar-refractivity contribution in [2.75, 3.05) is 26.2 Å². The molecule has 1 fully saturated rings. The molecule has 6 heteroatoms. The molecule has 0 radical (unpaired) electrons. The first-order chi connectivity index (χ1) is 11.6. The summed E-state index contributed by atoms with van der Waals surface area (Å²) in [5.74, 6) is -0.380. The van der Waals surface area contributed by atoms with Crippen molar-refractivity contribution in [1.82, 2.24) is 15.2 Å². The Morgan fingerprint density at radius 1 is 1.38 bits per heavy atom. The van der Waals surface area contributed by atoms with Gasteiger partial charge in [-0.3, -0.25) is 9.59 Å². The van der Waals surface area contributed by atoms with Gasteiger partial charge >= 0.3 is 0 Å². The number of benzene rings is 1. The van der Waals surface area contributed by atoms with Crippen LogP contribution in [0.25, 0.3) is 10.9 Å². The zero-order valence-electron chi connectivity index (χ0n) is 14.0. The molecule has 2 aromatic rings. The van der Waals surface area contributed by atoms with E-state index in [4.69, 9.17) is 5.73 Å². The van der Waals surface area contributed by atoms with E-state index in [1.165, 1.54) is 0 Å². The second-order valence-electron chi connectivity index (χ2n) is 6.47. The molecular weight excluding hydrogens is 304 g/mol. The molecule has 1 unspecified atom stereocenters. The minimum Gasteiger partial charge on any atom is -0.369 e. The Morgan fingerprint density at radius 3 is 2.92 bits per heavy atom. The number of likely N-dealkylation sites (tertiary alicyclic amines) is 1.